The summed E-state index contributed by atoms with van der Waals surface area (Å²) in [4.78, 5) is 10.6. The van der Waals surface area contributed by atoms with Crippen molar-refractivity contribution in [3.63, 3.8) is 0 Å². The lowest BCUT2D eigenvalue weighted by molar-refractivity contribution is -0.138. The van der Waals surface area contributed by atoms with E-state index in [1.807, 2.05) is 6.92 Å². The van der Waals surface area contributed by atoms with Gasteiger partial charge in [-0.1, -0.05) is 11.6 Å². The van der Waals surface area contributed by atoms with Gasteiger partial charge in [0.15, 0.2) is 0 Å². The number of halogens is 1. The highest BCUT2D eigenvalue weighted by atomic mass is 35.5. The molecule has 1 unspecified atom stereocenters. The Morgan fingerprint density at radius 1 is 1.65 bits per heavy atom. The summed E-state index contributed by atoms with van der Waals surface area (Å²) in [5, 5.41) is 12.2. The number of methoxy groups -OCH3 is 1. The summed E-state index contributed by atoms with van der Waals surface area (Å²) in [6, 6.07) is 2.50. The molecule has 0 bridgehead atoms. The molecule has 0 amide bonds. The first-order chi connectivity index (χ1) is 7.95. The zero-order valence-corrected chi connectivity index (χ0v) is 10.4. The van der Waals surface area contributed by atoms with Crippen molar-refractivity contribution in [3.05, 3.63) is 22.7 Å². The first-order valence-corrected chi connectivity index (χ1v) is 5.40. The molecule has 1 rings (SSSR count). The van der Waals surface area contributed by atoms with E-state index >= 15 is 0 Å². The smallest absolute Gasteiger partial charge is 0.322 e. The topological polar surface area (TPSA) is 84.6 Å². The third kappa shape index (κ3) is 3.51. The SMILES string of the molecule is COc1cc(Cl)c(C)cc1NCC(N)C(=O)O. The Kier molecular flexibility index (Phi) is 4.60. The molecule has 0 aliphatic rings. The minimum atomic E-state index is -1.05. The van der Waals surface area contributed by atoms with Crippen LogP contribution < -0.4 is 15.8 Å². The number of hydrogen-bond donors (Lipinski definition) is 3. The average molecular weight is 259 g/mol. The van der Waals surface area contributed by atoms with E-state index in [0.717, 1.165) is 5.56 Å². The molecule has 0 fully saturated rings. The van der Waals surface area contributed by atoms with Gasteiger partial charge in [-0.15, -0.1) is 0 Å². The minimum Gasteiger partial charge on any atom is -0.495 e. The maximum absolute atomic E-state index is 10.6. The summed E-state index contributed by atoms with van der Waals surface area (Å²) in [6.45, 7) is 1.97. The third-order valence-electron chi connectivity index (χ3n) is 2.31. The second-order valence-electron chi connectivity index (χ2n) is 3.63. The van der Waals surface area contributed by atoms with Crippen LogP contribution in [0.5, 0.6) is 5.75 Å². The quantitative estimate of drug-likeness (QED) is 0.745. The molecular formula is C11H15ClN2O3. The fourth-order valence-corrected chi connectivity index (χ4v) is 1.43. The van der Waals surface area contributed by atoms with E-state index in [1.54, 1.807) is 12.1 Å². The van der Waals surface area contributed by atoms with Gasteiger partial charge >= 0.3 is 5.97 Å². The molecule has 0 radical (unpaired) electrons. The van der Waals surface area contributed by atoms with Crippen LogP contribution in [0.1, 0.15) is 5.56 Å². The van der Waals surface area contributed by atoms with Gasteiger partial charge in [0.05, 0.1) is 12.8 Å². The molecule has 5 nitrogen and oxygen atoms in total. The number of aliphatic carboxylic acids is 1. The van der Waals surface area contributed by atoms with Gasteiger partial charge < -0.3 is 20.9 Å². The van der Waals surface area contributed by atoms with Gasteiger partial charge in [-0.2, -0.15) is 0 Å². The lowest BCUT2D eigenvalue weighted by Gasteiger charge is -2.14. The normalized spacial score (nSPS) is 12.0. The summed E-state index contributed by atoms with van der Waals surface area (Å²) in [6.07, 6.45) is 0. The van der Waals surface area contributed by atoms with Gasteiger partial charge in [-0.25, -0.2) is 0 Å². The van der Waals surface area contributed by atoms with Gasteiger partial charge in [-0.3, -0.25) is 4.79 Å². The first-order valence-electron chi connectivity index (χ1n) is 5.02. The van der Waals surface area contributed by atoms with Crippen LogP contribution >= 0.6 is 11.6 Å². The van der Waals surface area contributed by atoms with E-state index in [-0.39, 0.29) is 6.54 Å². The van der Waals surface area contributed by atoms with E-state index in [9.17, 15) is 4.79 Å². The van der Waals surface area contributed by atoms with Gasteiger partial charge in [0, 0.05) is 17.6 Å². The summed E-state index contributed by atoms with van der Waals surface area (Å²) in [5.74, 6) is -0.500. The standard InChI is InChI=1S/C11H15ClN2O3/c1-6-3-9(10(17-2)4-7(6)12)14-5-8(13)11(15)16/h3-4,8,14H,5,13H2,1-2H3,(H,15,16). The molecule has 0 heterocycles. The molecule has 17 heavy (non-hydrogen) atoms. The van der Waals surface area contributed by atoms with Crippen LogP contribution in [-0.4, -0.2) is 30.8 Å². The molecule has 0 spiro atoms. The molecule has 0 saturated heterocycles. The molecule has 0 aliphatic carbocycles. The summed E-state index contributed by atoms with van der Waals surface area (Å²) >= 11 is 5.95. The lowest BCUT2D eigenvalue weighted by Crippen LogP contribution is -2.37. The number of nitrogens with two attached hydrogens (primary N) is 1. The van der Waals surface area contributed by atoms with Crippen molar-refractivity contribution in [1.82, 2.24) is 0 Å². The molecule has 6 heteroatoms. The molecule has 0 saturated carbocycles. The fraction of sp³-hybridized carbons (Fsp3) is 0.364. The van der Waals surface area contributed by atoms with Crippen molar-refractivity contribution in [2.24, 2.45) is 5.73 Å². The van der Waals surface area contributed by atoms with Crippen LogP contribution in [-0.2, 0) is 4.79 Å². The number of rotatable bonds is 5. The van der Waals surface area contributed by atoms with Gasteiger partial charge in [0.2, 0.25) is 0 Å². The van der Waals surface area contributed by atoms with E-state index in [4.69, 9.17) is 27.2 Å². The Morgan fingerprint density at radius 3 is 2.82 bits per heavy atom. The minimum absolute atomic E-state index is 0.118. The van der Waals surface area contributed by atoms with Crippen LogP contribution in [0.3, 0.4) is 0 Å². The molecule has 1 aromatic rings. The molecule has 0 aliphatic heterocycles. The Bertz CT molecular complexity index is 423. The third-order valence-corrected chi connectivity index (χ3v) is 2.72. The molecule has 1 aromatic carbocycles. The van der Waals surface area contributed by atoms with Crippen molar-refractivity contribution in [3.8, 4) is 5.75 Å². The van der Waals surface area contributed by atoms with Crippen molar-refractivity contribution in [1.29, 1.82) is 0 Å². The van der Waals surface area contributed by atoms with Crippen LogP contribution in [0.25, 0.3) is 0 Å². The number of ether oxygens (including phenoxy) is 1. The Hall–Kier alpha value is -1.46. The molecule has 1 atom stereocenters. The van der Waals surface area contributed by atoms with Crippen LogP contribution in [0.2, 0.25) is 5.02 Å². The van der Waals surface area contributed by atoms with E-state index in [1.165, 1.54) is 7.11 Å². The van der Waals surface area contributed by atoms with Crippen LogP contribution in [0, 0.1) is 6.92 Å². The predicted octanol–water partition coefficient (Wildman–Crippen LogP) is 1.48. The van der Waals surface area contributed by atoms with Gasteiger partial charge in [0.25, 0.3) is 0 Å². The predicted molar refractivity (Wildman–Crippen MR) is 66.8 cm³/mol. The maximum atomic E-state index is 10.6. The van der Waals surface area contributed by atoms with E-state index in [2.05, 4.69) is 5.32 Å². The van der Waals surface area contributed by atoms with Crippen LogP contribution in [0.4, 0.5) is 5.69 Å². The monoisotopic (exact) mass is 258 g/mol. The molecule has 94 valence electrons. The second-order valence-corrected chi connectivity index (χ2v) is 4.03. The van der Waals surface area contributed by atoms with Crippen molar-refractivity contribution >= 4 is 23.3 Å². The fourth-order valence-electron chi connectivity index (χ4n) is 1.28. The number of carboxylic acid groups (broad SMARTS) is 1. The summed E-state index contributed by atoms with van der Waals surface area (Å²) in [5.41, 5.74) is 6.94. The number of benzene rings is 1. The Labute approximate surface area is 105 Å². The Balaban J connectivity index is 2.83. The van der Waals surface area contributed by atoms with Gasteiger partial charge in [-0.05, 0) is 18.6 Å². The number of aryl methyl sites for hydroxylation is 1. The van der Waals surface area contributed by atoms with E-state index < -0.39 is 12.0 Å². The summed E-state index contributed by atoms with van der Waals surface area (Å²) < 4.78 is 5.14. The lowest BCUT2D eigenvalue weighted by atomic mass is 10.2. The molecular weight excluding hydrogens is 244 g/mol. The highest BCUT2D eigenvalue weighted by Crippen LogP contribution is 2.30. The van der Waals surface area contributed by atoms with Crippen molar-refractivity contribution in [2.45, 2.75) is 13.0 Å². The van der Waals surface area contributed by atoms with E-state index in [0.29, 0.717) is 16.5 Å². The zero-order valence-electron chi connectivity index (χ0n) is 9.66. The average Bonchev–Trinajstić information content (AvgIpc) is 2.29. The second kappa shape index (κ2) is 5.75. The maximum Gasteiger partial charge on any atom is 0.322 e. The number of nitrogens with one attached hydrogen (secondary N) is 1. The largest absolute Gasteiger partial charge is 0.495 e. The highest BCUT2D eigenvalue weighted by molar-refractivity contribution is 6.31. The first kappa shape index (κ1) is 13.6. The number of carbonyl (C=O) groups is 1. The van der Waals surface area contributed by atoms with Crippen LogP contribution in [0.15, 0.2) is 12.1 Å². The van der Waals surface area contributed by atoms with Gasteiger partial charge in [0.1, 0.15) is 11.8 Å². The molecule has 0 aromatic heterocycles. The number of carboxylic acids is 1. The summed E-state index contributed by atoms with van der Waals surface area (Å²) in [7, 11) is 1.52. The Morgan fingerprint density at radius 2 is 2.29 bits per heavy atom. The highest BCUT2D eigenvalue weighted by Gasteiger charge is 2.13. The van der Waals surface area contributed by atoms with Crippen molar-refractivity contribution < 1.29 is 14.6 Å². The molecule has 4 N–H and O–H groups in total. The zero-order chi connectivity index (χ0) is 13.0. The number of anilines is 1. The van der Waals surface area contributed by atoms with Crippen molar-refractivity contribution in [2.75, 3.05) is 19.0 Å². The number of hydrogen-bond acceptors (Lipinski definition) is 4.